The summed E-state index contributed by atoms with van der Waals surface area (Å²) in [6.07, 6.45) is 0. The predicted molar refractivity (Wildman–Crippen MR) is 74.0 cm³/mol. The maximum absolute atomic E-state index is 11.2. The van der Waals surface area contributed by atoms with Crippen molar-refractivity contribution in [3.63, 3.8) is 0 Å². The van der Waals surface area contributed by atoms with E-state index in [9.17, 15) is 4.79 Å². The lowest BCUT2D eigenvalue weighted by atomic mass is 10.1. The SMILES string of the molecule is Cc1cc(-n2nc(C)c(Br)c2C)ccc1C(N)=O. The third kappa shape index (κ3) is 2.06. The molecule has 0 bridgehead atoms. The van der Waals surface area contributed by atoms with Crippen LogP contribution in [0.25, 0.3) is 5.69 Å². The van der Waals surface area contributed by atoms with Gasteiger partial charge in [0.25, 0.3) is 0 Å². The first kappa shape index (κ1) is 12.8. The Bertz CT molecular complexity index is 631. The van der Waals surface area contributed by atoms with E-state index in [-0.39, 0.29) is 0 Å². The molecule has 0 aliphatic rings. The average Bonchev–Trinajstić information content (AvgIpc) is 2.56. The standard InChI is InChI=1S/C13H14BrN3O/c1-7-6-10(4-5-11(7)13(15)18)17-9(3)12(14)8(2)16-17/h4-6H,1-3H3,(H2,15,18). The lowest BCUT2D eigenvalue weighted by Crippen LogP contribution is -2.13. The molecule has 18 heavy (non-hydrogen) atoms. The highest BCUT2D eigenvalue weighted by atomic mass is 79.9. The minimum Gasteiger partial charge on any atom is -0.366 e. The van der Waals surface area contributed by atoms with Gasteiger partial charge in [-0.3, -0.25) is 4.79 Å². The average molecular weight is 308 g/mol. The quantitative estimate of drug-likeness (QED) is 0.927. The summed E-state index contributed by atoms with van der Waals surface area (Å²) < 4.78 is 2.84. The van der Waals surface area contributed by atoms with Crippen molar-refractivity contribution in [3.8, 4) is 5.69 Å². The number of hydrogen-bond acceptors (Lipinski definition) is 2. The van der Waals surface area contributed by atoms with Gasteiger partial charge in [-0.2, -0.15) is 5.10 Å². The van der Waals surface area contributed by atoms with Crippen molar-refractivity contribution in [2.24, 2.45) is 5.73 Å². The number of nitrogens with two attached hydrogens (primary N) is 1. The van der Waals surface area contributed by atoms with Gasteiger partial charge < -0.3 is 5.73 Å². The van der Waals surface area contributed by atoms with E-state index in [2.05, 4.69) is 21.0 Å². The van der Waals surface area contributed by atoms with Gasteiger partial charge in [0.2, 0.25) is 5.91 Å². The van der Waals surface area contributed by atoms with Crippen molar-refractivity contribution < 1.29 is 4.79 Å². The van der Waals surface area contributed by atoms with E-state index < -0.39 is 5.91 Å². The number of aryl methyl sites for hydroxylation is 2. The van der Waals surface area contributed by atoms with Crippen molar-refractivity contribution in [2.45, 2.75) is 20.8 Å². The first-order chi connectivity index (χ1) is 8.41. The number of amides is 1. The first-order valence-electron chi connectivity index (χ1n) is 5.54. The van der Waals surface area contributed by atoms with Crippen molar-refractivity contribution in [3.05, 3.63) is 45.2 Å². The Kier molecular flexibility index (Phi) is 3.26. The summed E-state index contributed by atoms with van der Waals surface area (Å²) in [5, 5.41) is 4.45. The van der Waals surface area contributed by atoms with E-state index in [1.807, 2.05) is 37.6 Å². The summed E-state index contributed by atoms with van der Waals surface area (Å²) in [6.45, 7) is 5.80. The van der Waals surface area contributed by atoms with E-state index >= 15 is 0 Å². The number of aromatic nitrogens is 2. The van der Waals surface area contributed by atoms with Crippen LogP contribution in [-0.2, 0) is 0 Å². The van der Waals surface area contributed by atoms with E-state index in [0.29, 0.717) is 5.56 Å². The molecular formula is C13H14BrN3O. The van der Waals surface area contributed by atoms with Gasteiger partial charge in [-0.05, 0) is 60.5 Å². The zero-order valence-electron chi connectivity index (χ0n) is 10.5. The van der Waals surface area contributed by atoms with Gasteiger partial charge in [-0.25, -0.2) is 4.68 Å². The fourth-order valence-corrected chi connectivity index (χ4v) is 2.18. The lowest BCUT2D eigenvalue weighted by molar-refractivity contribution is 0.0999. The number of carbonyl (C=O) groups is 1. The number of nitrogens with zero attached hydrogens (tertiary/aromatic N) is 2. The zero-order chi connectivity index (χ0) is 13.4. The first-order valence-corrected chi connectivity index (χ1v) is 6.33. The highest BCUT2D eigenvalue weighted by Gasteiger charge is 2.12. The van der Waals surface area contributed by atoms with Gasteiger partial charge >= 0.3 is 0 Å². The molecule has 5 heteroatoms. The Hall–Kier alpha value is -1.62. The second-order valence-corrected chi connectivity index (χ2v) is 5.05. The van der Waals surface area contributed by atoms with E-state index in [1.54, 1.807) is 6.07 Å². The highest BCUT2D eigenvalue weighted by molar-refractivity contribution is 9.10. The van der Waals surface area contributed by atoms with Crippen LogP contribution in [0.15, 0.2) is 22.7 Å². The molecular weight excluding hydrogens is 294 g/mol. The second kappa shape index (κ2) is 4.57. The van der Waals surface area contributed by atoms with Crippen molar-refractivity contribution in [1.29, 1.82) is 0 Å². The van der Waals surface area contributed by atoms with Crippen LogP contribution in [0.4, 0.5) is 0 Å². The summed E-state index contributed by atoms with van der Waals surface area (Å²) in [5.74, 6) is -0.409. The minimum absolute atomic E-state index is 0.409. The predicted octanol–water partition coefficient (Wildman–Crippen LogP) is 2.66. The third-order valence-electron chi connectivity index (χ3n) is 2.92. The van der Waals surface area contributed by atoms with Crippen LogP contribution in [-0.4, -0.2) is 15.7 Å². The van der Waals surface area contributed by atoms with Crippen molar-refractivity contribution in [1.82, 2.24) is 9.78 Å². The van der Waals surface area contributed by atoms with Crippen LogP contribution >= 0.6 is 15.9 Å². The van der Waals surface area contributed by atoms with Gasteiger partial charge in [-0.15, -0.1) is 0 Å². The van der Waals surface area contributed by atoms with Crippen molar-refractivity contribution >= 4 is 21.8 Å². The van der Waals surface area contributed by atoms with Gasteiger partial charge in [-0.1, -0.05) is 0 Å². The van der Waals surface area contributed by atoms with Crippen LogP contribution in [0.5, 0.6) is 0 Å². The summed E-state index contributed by atoms with van der Waals surface area (Å²) in [6, 6.07) is 5.49. The number of carbonyl (C=O) groups excluding carboxylic acids is 1. The molecule has 4 nitrogen and oxygen atoms in total. The number of hydrogen-bond donors (Lipinski definition) is 1. The molecule has 1 aromatic carbocycles. The second-order valence-electron chi connectivity index (χ2n) is 4.26. The van der Waals surface area contributed by atoms with Crippen LogP contribution in [0.1, 0.15) is 27.3 Å². The monoisotopic (exact) mass is 307 g/mol. The van der Waals surface area contributed by atoms with Crippen LogP contribution in [0.3, 0.4) is 0 Å². The van der Waals surface area contributed by atoms with Crippen LogP contribution < -0.4 is 5.73 Å². The number of primary amides is 1. The minimum atomic E-state index is -0.409. The molecule has 2 aromatic rings. The summed E-state index contributed by atoms with van der Waals surface area (Å²) in [5.41, 5.74) is 9.57. The molecule has 2 N–H and O–H groups in total. The molecule has 1 heterocycles. The summed E-state index contributed by atoms with van der Waals surface area (Å²) >= 11 is 3.50. The zero-order valence-corrected chi connectivity index (χ0v) is 12.1. The van der Waals surface area contributed by atoms with E-state index in [4.69, 9.17) is 5.73 Å². The molecule has 0 radical (unpaired) electrons. The van der Waals surface area contributed by atoms with Gasteiger partial charge in [0.05, 0.1) is 21.5 Å². The van der Waals surface area contributed by atoms with Gasteiger partial charge in [0.15, 0.2) is 0 Å². The summed E-state index contributed by atoms with van der Waals surface area (Å²) in [7, 11) is 0. The molecule has 0 atom stereocenters. The molecule has 0 fully saturated rings. The molecule has 1 amide bonds. The molecule has 2 rings (SSSR count). The molecule has 0 saturated heterocycles. The Morgan fingerprint density at radius 1 is 1.33 bits per heavy atom. The van der Waals surface area contributed by atoms with Gasteiger partial charge in [0, 0.05) is 5.56 Å². The molecule has 0 saturated carbocycles. The molecule has 0 spiro atoms. The smallest absolute Gasteiger partial charge is 0.248 e. The fourth-order valence-electron chi connectivity index (χ4n) is 1.93. The topological polar surface area (TPSA) is 60.9 Å². The molecule has 94 valence electrons. The Labute approximate surface area is 114 Å². The molecule has 0 aliphatic carbocycles. The molecule has 0 unspecified atom stereocenters. The van der Waals surface area contributed by atoms with Gasteiger partial charge in [0.1, 0.15) is 0 Å². The summed E-state index contributed by atoms with van der Waals surface area (Å²) in [4.78, 5) is 11.2. The van der Waals surface area contributed by atoms with E-state index in [0.717, 1.165) is 27.1 Å². The highest BCUT2D eigenvalue weighted by Crippen LogP contribution is 2.23. The van der Waals surface area contributed by atoms with Crippen LogP contribution in [0.2, 0.25) is 0 Å². The maximum atomic E-state index is 11.2. The van der Waals surface area contributed by atoms with Crippen molar-refractivity contribution in [2.75, 3.05) is 0 Å². The third-order valence-corrected chi connectivity index (χ3v) is 4.07. The maximum Gasteiger partial charge on any atom is 0.248 e. The van der Waals surface area contributed by atoms with Crippen LogP contribution in [0, 0.1) is 20.8 Å². The largest absolute Gasteiger partial charge is 0.366 e. The Morgan fingerprint density at radius 2 is 2.00 bits per heavy atom. The molecule has 1 aromatic heterocycles. The Morgan fingerprint density at radius 3 is 2.44 bits per heavy atom. The molecule has 0 aliphatic heterocycles. The van der Waals surface area contributed by atoms with E-state index in [1.165, 1.54) is 0 Å². The number of rotatable bonds is 2. The fraction of sp³-hybridized carbons (Fsp3) is 0.231. The lowest BCUT2D eigenvalue weighted by Gasteiger charge is -2.08. The number of halogens is 1. The Balaban J connectivity index is 2.55. The number of benzene rings is 1. The normalized spacial score (nSPS) is 10.7.